The van der Waals surface area contributed by atoms with Crippen LogP contribution in [0.25, 0.3) is 0 Å². The summed E-state index contributed by atoms with van der Waals surface area (Å²) in [5, 5.41) is 6.37. The molecule has 0 radical (unpaired) electrons. The van der Waals surface area contributed by atoms with Crippen LogP contribution in [0.4, 0.5) is 0 Å². The Kier molecular flexibility index (Phi) is 5.00. The molecule has 3 aliphatic heterocycles. The highest BCUT2D eigenvalue weighted by Gasteiger charge is 2.41. The summed E-state index contributed by atoms with van der Waals surface area (Å²) < 4.78 is 32.0. The number of ether oxygens (including phenoxy) is 1. The van der Waals surface area contributed by atoms with E-state index in [0.29, 0.717) is 32.2 Å². The molecule has 9 nitrogen and oxygen atoms in total. The average Bonchev–Trinajstić information content (AvgIpc) is 3.33. The van der Waals surface area contributed by atoms with Gasteiger partial charge in [-0.05, 0) is 25.3 Å². The van der Waals surface area contributed by atoms with Gasteiger partial charge in [-0.25, -0.2) is 8.42 Å². The van der Waals surface area contributed by atoms with Crippen LogP contribution >= 0.6 is 0 Å². The summed E-state index contributed by atoms with van der Waals surface area (Å²) in [6, 6.07) is 1.65. The number of piperazine rings is 1. The van der Waals surface area contributed by atoms with E-state index < -0.39 is 10.0 Å². The Balaban J connectivity index is 1.36. The van der Waals surface area contributed by atoms with Crippen molar-refractivity contribution in [3.05, 3.63) is 12.3 Å². The molecule has 1 aromatic heterocycles. The van der Waals surface area contributed by atoms with E-state index in [9.17, 15) is 13.2 Å². The summed E-state index contributed by atoms with van der Waals surface area (Å²) >= 11 is 0. The third-order valence-corrected chi connectivity index (χ3v) is 7.48. The second-order valence-electron chi connectivity index (χ2n) is 7.04. The number of H-pyrrole nitrogens is 1. The van der Waals surface area contributed by atoms with E-state index in [4.69, 9.17) is 4.74 Å². The summed E-state index contributed by atoms with van der Waals surface area (Å²) in [6.45, 7) is 4.18. The number of aromatic nitrogens is 2. The van der Waals surface area contributed by atoms with E-state index in [1.165, 1.54) is 16.6 Å². The third kappa shape index (κ3) is 3.26. The number of hydrogen-bond acceptors (Lipinski definition) is 6. The maximum absolute atomic E-state index is 12.9. The lowest BCUT2D eigenvalue weighted by molar-refractivity contribution is -0.136. The van der Waals surface area contributed by atoms with E-state index in [0.717, 1.165) is 39.0 Å². The molecule has 144 valence electrons. The van der Waals surface area contributed by atoms with E-state index in [1.807, 2.05) is 4.90 Å². The fourth-order valence-corrected chi connectivity index (χ4v) is 5.49. The summed E-state index contributed by atoms with van der Waals surface area (Å²) in [4.78, 5) is 17.0. The number of hydrogen-bond donors (Lipinski definition) is 1. The number of amides is 1. The number of nitrogens with zero attached hydrogens (tertiary/aromatic N) is 4. The molecule has 3 aliphatic rings. The van der Waals surface area contributed by atoms with Crippen molar-refractivity contribution in [1.82, 2.24) is 24.3 Å². The number of likely N-dealkylation sites (tertiary alicyclic amines) is 1. The molecule has 0 bridgehead atoms. The summed E-state index contributed by atoms with van der Waals surface area (Å²) in [5.41, 5.74) is 0. The van der Waals surface area contributed by atoms with Crippen molar-refractivity contribution in [1.29, 1.82) is 0 Å². The van der Waals surface area contributed by atoms with Gasteiger partial charge < -0.3 is 9.64 Å². The SMILES string of the molecule is O=C1C(N2CCN(S(=O)(=O)c3ccn[nH]3)CC2)CCN1C1CCOCC1. The van der Waals surface area contributed by atoms with Crippen molar-refractivity contribution in [2.75, 3.05) is 45.9 Å². The molecule has 1 aromatic rings. The Hall–Kier alpha value is -1.49. The Labute approximate surface area is 153 Å². The summed E-state index contributed by atoms with van der Waals surface area (Å²) in [7, 11) is -3.53. The number of carbonyl (C=O) groups is 1. The predicted molar refractivity (Wildman–Crippen MR) is 92.9 cm³/mol. The van der Waals surface area contributed by atoms with Gasteiger partial charge >= 0.3 is 0 Å². The molecule has 0 spiro atoms. The molecular weight excluding hydrogens is 358 g/mol. The lowest BCUT2D eigenvalue weighted by Crippen LogP contribution is -2.54. The second kappa shape index (κ2) is 7.26. The van der Waals surface area contributed by atoms with Crippen LogP contribution in [0.15, 0.2) is 17.3 Å². The van der Waals surface area contributed by atoms with Crippen LogP contribution in [0.5, 0.6) is 0 Å². The molecule has 26 heavy (non-hydrogen) atoms. The molecular formula is C16H25N5O4S. The van der Waals surface area contributed by atoms with Gasteiger partial charge in [0.2, 0.25) is 5.91 Å². The third-order valence-electron chi connectivity index (χ3n) is 5.65. The van der Waals surface area contributed by atoms with Gasteiger partial charge in [0.1, 0.15) is 0 Å². The maximum Gasteiger partial charge on any atom is 0.260 e. The molecule has 1 unspecified atom stereocenters. The second-order valence-corrected chi connectivity index (χ2v) is 8.95. The molecule has 1 atom stereocenters. The lowest BCUT2D eigenvalue weighted by atomic mass is 10.1. The van der Waals surface area contributed by atoms with Crippen LogP contribution in [0, 0.1) is 0 Å². The Morgan fingerprint density at radius 2 is 1.81 bits per heavy atom. The van der Waals surface area contributed by atoms with Gasteiger partial charge in [-0.3, -0.25) is 14.8 Å². The first-order chi connectivity index (χ1) is 12.6. The van der Waals surface area contributed by atoms with Crippen molar-refractivity contribution >= 4 is 15.9 Å². The van der Waals surface area contributed by atoms with Crippen molar-refractivity contribution in [3.8, 4) is 0 Å². The number of carbonyl (C=O) groups excluding carboxylic acids is 1. The molecule has 0 aliphatic carbocycles. The zero-order valence-corrected chi connectivity index (χ0v) is 15.5. The fourth-order valence-electron chi connectivity index (χ4n) is 4.17. The minimum atomic E-state index is -3.53. The predicted octanol–water partition coefficient (Wildman–Crippen LogP) is -0.504. The Bertz CT molecular complexity index is 724. The fraction of sp³-hybridized carbons (Fsp3) is 0.750. The molecule has 0 saturated carbocycles. The van der Waals surface area contributed by atoms with Crippen molar-refractivity contribution in [2.24, 2.45) is 0 Å². The van der Waals surface area contributed by atoms with Gasteiger partial charge in [-0.1, -0.05) is 0 Å². The Morgan fingerprint density at radius 1 is 1.08 bits per heavy atom. The van der Waals surface area contributed by atoms with Crippen LogP contribution < -0.4 is 0 Å². The Morgan fingerprint density at radius 3 is 2.46 bits per heavy atom. The van der Waals surface area contributed by atoms with Gasteiger partial charge in [-0.2, -0.15) is 9.40 Å². The minimum absolute atomic E-state index is 0.116. The van der Waals surface area contributed by atoms with Gasteiger partial charge in [0.15, 0.2) is 5.03 Å². The molecule has 0 aromatic carbocycles. The van der Waals surface area contributed by atoms with Crippen LogP contribution in [0.2, 0.25) is 0 Å². The average molecular weight is 383 g/mol. The largest absolute Gasteiger partial charge is 0.381 e. The zero-order chi connectivity index (χ0) is 18.1. The van der Waals surface area contributed by atoms with Crippen molar-refractivity contribution in [3.63, 3.8) is 0 Å². The highest BCUT2D eigenvalue weighted by atomic mass is 32.2. The first-order valence-electron chi connectivity index (χ1n) is 9.19. The van der Waals surface area contributed by atoms with E-state index in [2.05, 4.69) is 15.1 Å². The van der Waals surface area contributed by atoms with Gasteiger partial charge in [0.25, 0.3) is 10.0 Å². The monoisotopic (exact) mass is 383 g/mol. The van der Waals surface area contributed by atoms with Crippen LogP contribution in [-0.4, -0.2) is 96.6 Å². The van der Waals surface area contributed by atoms with E-state index >= 15 is 0 Å². The first kappa shape index (κ1) is 17.9. The normalized spacial score (nSPS) is 27.3. The first-order valence-corrected chi connectivity index (χ1v) is 10.6. The summed E-state index contributed by atoms with van der Waals surface area (Å²) in [6.07, 6.45) is 4.08. The van der Waals surface area contributed by atoms with Gasteiger partial charge in [-0.15, -0.1) is 0 Å². The molecule has 10 heteroatoms. The number of sulfonamides is 1. The highest BCUT2D eigenvalue weighted by molar-refractivity contribution is 7.89. The van der Waals surface area contributed by atoms with Crippen molar-refractivity contribution in [2.45, 2.75) is 36.4 Å². The molecule has 1 amide bonds. The standard InChI is InChI=1S/C16H25N5O4S/c22-16-14(2-6-21(16)13-3-11-25-12-4-13)19-7-9-20(10-8-19)26(23,24)15-1-5-17-18-15/h1,5,13-14H,2-4,6-12H2,(H,17,18). The highest BCUT2D eigenvalue weighted by Crippen LogP contribution is 2.26. The minimum Gasteiger partial charge on any atom is -0.381 e. The molecule has 3 saturated heterocycles. The van der Waals surface area contributed by atoms with Gasteiger partial charge in [0.05, 0.1) is 12.2 Å². The van der Waals surface area contributed by atoms with Crippen molar-refractivity contribution < 1.29 is 17.9 Å². The van der Waals surface area contributed by atoms with Gasteiger partial charge in [0, 0.05) is 52.0 Å². The lowest BCUT2D eigenvalue weighted by Gasteiger charge is -2.37. The van der Waals surface area contributed by atoms with Crippen LogP contribution in [0.3, 0.4) is 0 Å². The smallest absolute Gasteiger partial charge is 0.260 e. The topological polar surface area (TPSA) is 98.8 Å². The number of rotatable bonds is 4. The van der Waals surface area contributed by atoms with Crippen LogP contribution in [-0.2, 0) is 19.6 Å². The molecule has 3 fully saturated rings. The maximum atomic E-state index is 12.9. The van der Waals surface area contributed by atoms with E-state index in [1.54, 1.807) is 0 Å². The molecule has 4 rings (SSSR count). The van der Waals surface area contributed by atoms with E-state index in [-0.39, 0.29) is 17.0 Å². The quantitative estimate of drug-likeness (QED) is 0.752. The summed E-state index contributed by atoms with van der Waals surface area (Å²) in [5.74, 6) is 0.196. The number of nitrogens with one attached hydrogen (secondary N) is 1. The zero-order valence-electron chi connectivity index (χ0n) is 14.7. The number of aromatic amines is 1. The van der Waals surface area contributed by atoms with Crippen LogP contribution in [0.1, 0.15) is 19.3 Å². The molecule has 1 N–H and O–H groups in total. The molecule has 4 heterocycles.